The van der Waals surface area contributed by atoms with Crippen LogP contribution in [-0.2, 0) is 32.0 Å². The summed E-state index contributed by atoms with van der Waals surface area (Å²) in [7, 11) is 1.19. The van der Waals surface area contributed by atoms with Gasteiger partial charge in [-0.15, -0.1) is 0 Å². The molecule has 224 valence electrons. The number of halogens is 1. The Morgan fingerprint density at radius 3 is 2.24 bits per heavy atom. The van der Waals surface area contributed by atoms with Crippen LogP contribution in [-0.4, -0.2) is 69.6 Å². The van der Waals surface area contributed by atoms with Crippen LogP contribution in [0.5, 0.6) is 0 Å². The van der Waals surface area contributed by atoms with Crippen molar-refractivity contribution >= 4 is 23.7 Å². The first-order chi connectivity index (χ1) is 19.5. The second-order valence-corrected chi connectivity index (χ2v) is 10.2. The van der Waals surface area contributed by atoms with E-state index in [1.165, 1.54) is 19.4 Å². The predicted molar refractivity (Wildman–Crippen MR) is 153 cm³/mol. The van der Waals surface area contributed by atoms with Crippen molar-refractivity contribution in [1.29, 1.82) is 0 Å². The van der Waals surface area contributed by atoms with Crippen molar-refractivity contribution in [3.05, 3.63) is 66.0 Å². The number of likely N-dealkylation sites (N-methyl/N-ethyl adjacent to an activating group) is 1. The van der Waals surface area contributed by atoms with Gasteiger partial charge in [0.15, 0.2) is 0 Å². The monoisotopic (exact) mass is 571 g/mol. The fourth-order valence-corrected chi connectivity index (χ4v) is 4.37. The van der Waals surface area contributed by atoms with Crippen LogP contribution in [0.3, 0.4) is 0 Å². The zero-order chi connectivity index (χ0) is 30.4. The summed E-state index contributed by atoms with van der Waals surface area (Å²) in [6.07, 6.45) is 5.30. The number of unbranched alkanes of at least 4 members (excludes halogenated alkanes) is 2. The molecule has 0 saturated carbocycles. The molecule has 2 aromatic rings. The molecule has 5 N–H and O–H groups in total. The lowest BCUT2D eigenvalue weighted by Gasteiger charge is -2.34. The number of nitrogens with two attached hydrogens (primary N) is 1. The highest BCUT2D eigenvalue weighted by molar-refractivity contribution is 5.95. The molecule has 11 heteroatoms. The SMILES string of the molecule is CCCC[C@H](N)C(=O)N[C@@H](Cc1ccccc1)C(=O)N[C@@](F)(CCCC)C(=O)N(C)[C@@H](Cc1cccnc1)C(=O)O. The molecule has 10 nitrogen and oxygen atoms in total. The molecule has 0 bridgehead atoms. The van der Waals surface area contributed by atoms with E-state index < -0.39 is 47.6 Å². The molecule has 41 heavy (non-hydrogen) atoms. The number of pyridine rings is 1. The van der Waals surface area contributed by atoms with E-state index in [1.807, 2.05) is 6.92 Å². The number of hydrogen-bond donors (Lipinski definition) is 4. The maximum absolute atomic E-state index is 16.5. The molecule has 2 rings (SSSR count). The van der Waals surface area contributed by atoms with Gasteiger partial charge in [-0.05, 0) is 30.0 Å². The first kappa shape index (κ1) is 33.3. The predicted octanol–water partition coefficient (Wildman–Crippen LogP) is 2.75. The molecule has 0 spiro atoms. The van der Waals surface area contributed by atoms with Gasteiger partial charge in [0, 0.05) is 38.7 Å². The number of nitrogens with one attached hydrogen (secondary N) is 2. The fraction of sp³-hybridized carbons (Fsp3) is 0.500. The molecule has 0 fully saturated rings. The molecule has 4 atom stereocenters. The van der Waals surface area contributed by atoms with E-state index in [9.17, 15) is 24.3 Å². The zero-order valence-electron chi connectivity index (χ0n) is 24.0. The third kappa shape index (κ3) is 10.2. The molecule has 0 aliphatic rings. The van der Waals surface area contributed by atoms with Crippen LogP contribution in [0.15, 0.2) is 54.9 Å². The number of benzene rings is 1. The molecule has 1 aromatic heterocycles. The first-order valence-electron chi connectivity index (χ1n) is 14.0. The van der Waals surface area contributed by atoms with Crippen molar-refractivity contribution in [2.45, 2.75) is 89.1 Å². The van der Waals surface area contributed by atoms with Crippen molar-refractivity contribution < 1.29 is 28.7 Å². The number of amides is 3. The van der Waals surface area contributed by atoms with Gasteiger partial charge in [-0.2, -0.15) is 0 Å². The Labute approximate surface area is 240 Å². The van der Waals surface area contributed by atoms with Gasteiger partial charge in [0.25, 0.3) is 11.7 Å². The summed E-state index contributed by atoms with van der Waals surface area (Å²) in [5, 5.41) is 14.7. The van der Waals surface area contributed by atoms with Crippen LogP contribution in [0.2, 0.25) is 0 Å². The molecule has 1 aromatic carbocycles. The van der Waals surface area contributed by atoms with E-state index in [0.717, 1.165) is 17.7 Å². The molecule has 1 heterocycles. The average Bonchev–Trinajstić information content (AvgIpc) is 2.97. The average molecular weight is 572 g/mol. The van der Waals surface area contributed by atoms with Crippen LogP contribution < -0.4 is 16.4 Å². The summed E-state index contributed by atoms with van der Waals surface area (Å²) in [6, 6.07) is 8.67. The van der Waals surface area contributed by atoms with Gasteiger partial charge in [0.1, 0.15) is 12.1 Å². The van der Waals surface area contributed by atoms with Gasteiger partial charge >= 0.3 is 5.97 Å². The second kappa shape index (κ2) is 16.4. The van der Waals surface area contributed by atoms with E-state index in [4.69, 9.17) is 5.73 Å². The lowest BCUT2D eigenvalue weighted by Crippen LogP contribution is -2.63. The first-order valence-corrected chi connectivity index (χ1v) is 14.0. The lowest BCUT2D eigenvalue weighted by atomic mass is 10.00. The Bertz CT molecular complexity index is 1140. The van der Waals surface area contributed by atoms with Gasteiger partial charge in [-0.1, -0.05) is 69.5 Å². The normalized spacial score (nSPS) is 14.7. The molecule has 0 radical (unpaired) electrons. The molecule has 0 unspecified atom stereocenters. The summed E-state index contributed by atoms with van der Waals surface area (Å²) in [5.74, 6) is -6.90. The van der Waals surface area contributed by atoms with Crippen molar-refractivity contribution in [1.82, 2.24) is 20.5 Å². The number of aromatic nitrogens is 1. The van der Waals surface area contributed by atoms with Gasteiger partial charge in [0.05, 0.1) is 6.04 Å². The Morgan fingerprint density at radius 1 is 1.00 bits per heavy atom. The van der Waals surface area contributed by atoms with Gasteiger partial charge in [-0.3, -0.25) is 19.4 Å². The maximum Gasteiger partial charge on any atom is 0.326 e. The number of carboxylic acid groups (broad SMARTS) is 1. The van der Waals surface area contributed by atoms with Gasteiger partial charge in [0.2, 0.25) is 11.8 Å². The van der Waals surface area contributed by atoms with Crippen molar-refractivity contribution in [3.8, 4) is 0 Å². The maximum atomic E-state index is 16.5. The van der Waals surface area contributed by atoms with E-state index in [2.05, 4.69) is 15.6 Å². The molecule has 3 amide bonds. The van der Waals surface area contributed by atoms with Crippen molar-refractivity contribution in [2.75, 3.05) is 7.05 Å². The lowest BCUT2D eigenvalue weighted by molar-refractivity contribution is -0.158. The van der Waals surface area contributed by atoms with Crippen molar-refractivity contribution in [3.63, 3.8) is 0 Å². The Kier molecular flexibility index (Phi) is 13.4. The van der Waals surface area contributed by atoms with Crippen LogP contribution in [0, 0.1) is 0 Å². The number of alkyl halides is 1. The number of carboxylic acids is 1. The number of carbonyl (C=O) groups is 4. The molecular weight excluding hydrogens is 529 g/mol. The number of carbonyl (C=O) groups excluding carboxylic acids is 3. The third-order valence-corrected chi connectivity index (χ3v) is 6.88. The summed E-state index contributed by atoms with van der Waals surface area (Å²) in [6.45, 7) is 3.77. The number of rotatable bonds is 17. The minimum absolute atomic E-state index is 0.0333. The molecule has 0 saturated heterocycles. The molecule has 0 aliphatic heterocycles. The van der Waals surface area contributed by atoms with Crippen LogP contribution >= 0.6 is 0 Å². The summed E-state index contributed by atoms with van der Waals surface area (Å²) in [4.78, 5) is 56.7. The minimum atomic E-state index is -2.91. The standard InChI is InChI=1S/C30H42FN5O5/c1-4-6-15-23(32)26(37)34-24(18-21-12-9-8-10-13-21)27(38)35-30(31,16-7-5-2)29(41)36(3)25(28(39)40)19-22-14-11-17-33-20-22/h8-14,17,20,23-25H,4-7,15-16,18-19,32H2,1-3H3,(H,34,37)(H,35,38)(H,39,40)/t23-,24-,25-,30-/m0/s1. The highest BCUT2D eigenvalue weighted by Crippen LogP contribution is 2.22. The van der Waals surface area contributed by atoms with E-state index in [0.29, 0.717) is 24.0 Å². The van der Waals surface area contributed by atoms with E-state index in [-0.39, 0.29) is 25.7 Å². The van der Waals surface area contributed by atoms with Gasteiger partial charge < -0.3 is 26.4 Å². The summed E-state index contributed by atoms with van der Waals surface area (Å²) < 4.78 is 16.5. The minimum Gasteiger partial charge on any atom is -0.480 e. The van der Waals surface area contributed by atoms with Crippen molar-refractivity contribution in [2.24, 2.45) is 5.73 Å². The fourth-order valence-electron chi connectivity index (χ4n) is 4.37. The topological polar surface area (TPSA) is 155 Å². The number of nitrogens with zero attached hydrogens (tertiary/aromatic N) is 2. The Morgan fingerprint density at radius 2 is 1.66 bits per heavy atom. The quantitative estimate of drug-likeness (QED) is 0.213. The second-order valence-electron chi connectivity index (χ2n) is 10.2. The highest BCUT2D eigenvalue weighted by Gasteiger charge is 2.45. The highest BCUT2D eigenvalue weighted by atomic mass is 19.1. The van der Waals surface area contributed by atoms with Crippen LogP contribution in [0.25, 0.3) is 0 Å². The molecular formula is C30H42FN5O5. The molecule has 0 aliphatic carbocycles. The van der Waals surface area contributed by atoms with E-state index >= 15 is 4.39 Å². The zero-order valence-corrected chi connectivity index (χ0v) is 24.0. The Hall–Kier alpha value is -3.86. The smallest absolute Gasteiger partial charge is 0.326 e. The number of hydrogen-bond acceptors (Lipinski definition) is 6. The largest absolute Gasteiger partial charge is 0.480 e. The summed E-state index contributed by atoms with van der Waals surface area (Å²) in [5.41, 5.74) is 7.27. The summed E-state index contributed by atoms with van der Waals surface area (Å²) >= 11 is 0. The van der Waals surface area contributed by atoms with Gasteiger partial charge in [-0.25, -0.2) is 9.18 Å². The van der Waals surface area contributed by atoms with Crippen LogP contribution in [0.1, 0.15) is 63.5 Å². The third-order valence-electron chi connectivity index (χ3n) is 6.88. The van der Waals surface area contributed by atoms with E-state index in [1.54, 1.807) is 49.4 Å². The Balaban J connectivity index is 2.32. The number of aliphatic carboxylic acids is 1. The van der Waals surface area contributed by atoms with Crippen LogP contribution in [0.4, 0.5) is 4.39 Å².